The maximum Gasteiger partial charge on any atom is 0.257 e. The van der Waals surface area contributed by atoms with Gasteiger partial charge in [0.15, 0.2) is 5.17 Å². The molecule has 1 aliphatic rings. The van der Waals surface area contributed by atoms with E-state index in [1.807, 2.05) is 61.5 Å². The molecule has 7 heteroatoms. The molecule has 0 atom stereocenters. The van der Waals surface area contributed by atoms with Gasteiger partial charge in [0.25, 0.3) is 5.91 Å². The summed E-state index contributed by atoms with van der Waals surface area (Å²) in [5, 5.41) is 3.10. The molecule has 6 nitrogen and oxygen atoms in total. The smallest absolute Gasteiger partial charge is 0.257 e. The zero-order valence-electron chi connectivity index (χ0n) is 14.8. The number of hydrogen-bond acceptors (Lipinski definition) is 4. The van der Waals surface area contributed by atoms with Gasteiger partial charge in [0.1, 0.15) is 6.42 Å². The first-order chi connectivity index (χ1) is 13.0. The third-order valence-electron chi connectivity index (χ3n) is 3.99. The van der Waals surface area contributed by atoms with Crippen molar-refractivity contribution in [2.45, 2.75) is 19.9 Å². The van der Waals surface area contributed by atoms with E-state index in [0.717, 1.165) is 28.6 Å². The molecule has 0 aliphatic carbocycles. The number of nitrogens with zero attached hydrogens (tertiary/aromatic N) is 2. The van der Waals surface area contributed by atoms with E-state index >= 15 is 0 Å². The van der Waals surface area contributed by atoms with Gasteiger partial charge in [0, 0.05) is 5.69 Å². The topological polar surface area (TPSA) is 78.8 Å². The van der Waals surface area contributed by atoms with Crippen molar-refractivity contribution in [1.29, 1.82) is 0 Å². The Balaban J connectivity index is 1.67. The van der Waals surface area contributed by atoms with Gasteiger partial charge < -0.3 is 5.32 Å². The van der Waals surface area contributed by atoms with Crippen molar-refractivity contribution in [1.82, 2.24) is 4.90 Å². The number of amidine groups is 1. The standard InChI is InChI=1S/C20H19N3O3S/c1-14-7-5-6-10-16(14)21-18(25)13-27-20-22-17(24)11-19(26)23(20)12-15-8-3-2-4-9-15/h2-10H,11-13H2,1H3,(H,21,25). The van der Waals surface area contributed by atoms with Gasteiger partial charge in [0.05, 0.1) is 12.3 Å². The quantitative estimate of drug-likeness (QED) is 0.808. The van der Waals surface area contributed by atoms with Crippen LogP contribution >= 0.6 is 11.8 Å². The zero-order valence-corrected chi connectivity index (χ0v) is 15.7. The van der Waals surface area contributed by atoms with E-state index in [9.17, 15) is 14.4 Å². The summed E-state index contributed by atoms with van der Waals surface area (Å²) in [6.07, 6.45) is -0.244. The minimum atomic E-state index is -0.480. The molecular formula is C20H19N3O3S. The number of amides is 3. The van der Waals surface area contributed by atoms with Crippen LogP contribution in [0.25, 0.3) is 0 Å². The van der Waals surface area contributed by atoms with Crippen molar-refractivity contribution < 1.29 is 14.4 Å². The summed E-state index contributed by atoms with van der Waals surface area (Å²) in [5.74, 6) is -0.951. The lowest BCUT2D eigenvalue weighted by Gasteiger charge is -2.26. The lowest BCUT2D eigenvalue weighted by atomic mass is 10.2. The van der Waals surface area contributed by atoms with Crippen LogP contribution in [-0.4, -0.2) is 33.5 Å². The molecule has 1 N–H and O–H groups in total. The molecular weight excluding hydrogens is 362 g/mol. The molecule has 27 heavy (non-hydrogen) atoms. The second-order valence-corrected chi connectivity index (χ2v) is 7.02. The molecule has 0 bridgehead atoms. The van der Waals surface area contributed by atoms with Gasteiger partial charge >= 0.3 is 0 Å². The number of rotatable bonds is 5. The lowest BCUT2D eigenvalue weighted by Crippen LogP contribution is -2.40. The number of aryl methyl sites for hydroxylation is 1. The van der Waals surface area contributed by atoms with Gasteiger partial charge in [-0.25, -0.2) is 0 Å². The molecule has 0 aromatic heterocycles. The Morgan fingerprint density at radius 3 is 2.56 bits per heavy atom. The van der Waals surface area contributed by atoms with Gasteiger partial charge in [-0.3, -0.25) is 19.3 Å². The van der Waals surface area contributed by atoms with E-state index < -0.39 is 5.91 Å². The minimum Gasteiger partial charge on any atom is -0.325 e. The first-order valence-electron chi connectivity index (χ1n) is 8.47. The van der Waals surface area contributed by atoms with Crippen molar-refractivity contribution >= 4 is 40.3 Å². The molecule has 0 fully saturated rings. The normalized spacial score (nSPS) is 14.1. The number of hydrogen-bond donors (Lipinski definition) is 1. The average Bonchev–Trinajstić information content (AvgIpc) is 2.65. The molecule has 1 aliphatic heterocycles. The molecule has 3 rings (SSSR count). The number of carbonyl (C=O) groups excluding carboxylic acids is 3. The maximum absolute atomic E-state index is 12.3. The highest BCUT2D eigenvalue weighted by Gasteiger charge is 2.28. The fraction of sp³-hybridized carbons (Fsp3) is 0.200. The molecule has 0 saturated carbocycles. The first-order valence-corrected chi connectivity index (χ1v) is 9.45. The summed E-state index contributed by atoms with van der Waals surface area (Å²) in [6, 6.07) is 16.9. The molecule has 2 aromatic rings. The summed E-state index contributed by atoms with van der Waals surface area (Å²) >= 11 is 1.09. The van der Waals surface area contributed by atoms with Gasteiger partial charge in [-0.05, 0) is 24.1 Å². The molecule has 0 spiro atoms. The van der Waals surface area contributed by atoms with Gasteiger partial charge in [-0.2, -0.15) is 4.99 Å². The van der Waals surface area contributed by atoms with Crippen molar-refractivity contribution in [2.24, 2.45) is 4.99 Å². The SMILES string of the molecule is Cc1ccccc1NC(=O)CSC1=NC(=O)CC(=O)N1Cc1ccccc1. The summed E-state index contributed by atoms with van der Waals surface area (Å²) in [4.78, 5) is 41.7. The Morgan fingerprint density at radius 2 is 1.81 bits per heavy atom. The summed E-state index contributed by atoms with van der Waals surface area (Å²) in [6.45, 7) is 2.23. The number of anilines is 1. The molecule has 138 valence electrons. The lowest BCUT2D eigenvalue weighted by molar-refractivity contribution is -0.133. The Kier molecular flexibility index (Phi) is 6.03. The van der Waals surface area contributed by atoms with Crippen LogP contribution in [0, 0.1) is 6.92 Å². The van der Waals surface area contributed by atoms with E-state index in [2.05, 4.69) is 10.3 Å². The number of para-hydroxylation sites is 1. The van der Waals surface area contributed by atoms with E-state index in [4.69, 9.17) is 0 Å². The van der Waals surface area contributed by atoms with E-state index in [1.165, 1.54) is 4.90 Å². The first kappa shape index (κ1) is 18.8. The molecule has 1 heterocycles. The Hall–Kier alpha value is -2.93. The monoisotopic (exact) mass is 381 g/mol. The predicted molar refractivity (Wildman–Crippen MR) is 106 cm³/mol. The fourth-order valence-electron chi connectivity index (χ4n) is 2.60. The van der Waals surface area contributed by atoms with Crippen molar-refractivity contribution in [3.63, 3.8) is 0 Å². The average molecular weight is 381 g/mol. The number of aliphatic imine (C=N–C) groups is 1. The second-order valence-electron chi connectivity index (χ2n) is 6.08. The minimum absolute atomic E-state index is 0.0546. The third-order valence-corrected chi connectivity index (χ3v) is 4.97. The highest BCUT2D eigenvalue weighted by atomic mass is 32.2. The van der Waals surface area contributed by atoms with Crippen LogP contribution in [0.15, 0.2) is 59.6 Å². The molecule has 0 saturated heterocycles. The van der Waals surface area contributed by atoms with E-state index in [0.29, 0.717) is 6.54 Å². The Labute approximate surface area is 161 Å². The van der Waals surface area contributed by atoms with Crippen molar-refractivity contribution in [3.8, 4) is 0 Å². The van der Waals surface area contributed by atoms with Crippen LogP contribution in [0.5, 0.6) is 0 Å². The van der Waals surface area contributed by atoms with Crippen LogP contribution < -0.4 is 5.32 Å². The van der Waals surface area contributed by atoms with Crippen LogP contribution in [0.2, 0.25) is 0 Å². The largest absolute Gasteiger partial charge is 0.325 e. The number of nitrogens with one attached hydrogen (secondary N) is 1. The van der Waals surface area contributed by atoms with Crippen molar-refractivity contribution in [2.75, 3.05) is 11.1 Å². The van der Waals surface area contributed by atoms with Gasteiger partial charge in [-0.15, -0.1) is 0 Å². The van der Waals surface area contributed by atoms with Crippen LogP contribution in [0.4, 0.5) is 5.69 Å². The van der Waals surface area contributed by atoms with Gasteiger partial charge in [-0.1, -0.05) is 60.3 Å². The van der Waals surface area contributed by atoms with Gasteiger partial charge in [0.2, 0.25) is 11.8 Å². The predicted octanol–water partition coefficient (Wildman–Crippen LogP) is 2.98. The van der Waals surface area contributed by atoms with Crippen molar-refractivity contribution in [3.05, 3.63) is 65.7 Å². The number of thioether (sulfide) groups is 1. The summed E-state index contributed by atoms with van der Waals surface area (Å²) < 4.78 is 0. The molecule has 2 aromatic carbocycles. The summed E-state index contributed by atoms with van der Waals surface area (Å²) in [5.41, 5.74) is 2.63. The second kappa shape index (κ2) is 8.64. The fourth-order valence-corrected chi connectivity index (χ4v) is 3.42. The van der Waals surface area contributed by atoms with E-state index in [-0.39, 0.29) is 29.2 Å². The van der Waals surface area contributed by atoms with Crippen LogP contribution in [0.3, 0.4) is 0 Å². The Morgan fingerprint density at radius 1 is 1.11 bits per heavy atom. The maximum atomic E-state index is 12.3. The highest BCUT2D eigenvalue weighted by molar-refractivity contribution is 8.14. The van der Waals surface area contributed by atoms with Crippen LogP contribution in [-0.2, 0) is 20.9 Å². The number of carbonyl (C=O) groups is 3. The summed E-state index contributed by atoms with van der Waals surface area (Å²) in [7, 11) is 0. The molecule has 0 radical (unpaired) electrons. The third kappa shape index (κ3) is 5.04. The van der Waals surface area contributed by atoms with Crippen LogP contribution in [0.1, 0.15) is 17.5 Å². The molecule has 3 amide bonds. The highest BCUT2D eigenvalue weighted by Crippen LogP contribution is 2.20. The Bertz CT molecular complexity index is 896. The molecule has 0 unspecified atom stereocenters. The zero-order chi connectivity index (χ0) is 19.2. The number of benzene rings is 2. The van der Waals surface area contributed by atoms with E-state index in [1.54, 1.807) is 0 Å².